The van der Waals surface area contributed by atoms with E-state index >= 15 is 0 Å². The smallest absolute Gasteiger partial charge is 0.259 e. The van der Waals surface area contributed by atoms with Gasteiger partial charge in [0.05, 0.1) is 16.9 Å². The number of thioether (sulfide) groups is 1. The summed E-state index contributed by atoms with van der Waals surface area (Å²) in [6.07, 6.45) is 1.02. The van der Waals surface area contributed by atoms with Crippen molar-refractivity contribution in [3.8, 4) is 0 Å². The van der Waals surface area contributed by atoms with Crippen molar-refractivity contribution in [1.82, 2.24) is 9.97 Å². The lowest BCUT2D eigenvalue weighted by Crippen LogP contribution is -2.16. The molecule has 1 amide bonds. The molecule has 28 heavy (non-hydrogen) atoms. The predicted molar refractivity (Wildman–Crippen MR) is 120 cm³/mol. The van der Waals surface area contributed by atoms with Crippen LogP contribution >= 0.6 is 23.1 Å². The van der Waals surface area contributed by atoms with Gasteiger partial charge in [0.25, 0.3) is 5.56 Å². The molecule has 2 aromatic heterocycles. The maximum absolute atomic E-state index is 12.4. The lowest BCUT2D eigenvalue weighted by molar-refractivity contribution is -0.113. The zero-order valence-corrected chi connectivity index (χ0v) is 18.2. The number of aromatic nitrogens is 2. The van der Waals surface area contributed by atoms with Gasteiger partial charge in [-0.2, -0.15) is 0 Å². The number of nitrogens with one attached hydrogen (secondary N) is 2. The van der Waals surface area contributed by atoms with E-state index in [1.54, 1.807) is 0 Å². The first kappa shape index (κ1) is 20.6. The number of carbonyl (C=O) groups is 1. The predicted octanol–water partition coefficient (Wildman–Crippen LogP) is 4.99. The van der Waals surface area contributed by atoms with Gasteiger partial charge in [0.15, 0.2) is 0 Å². The normalized spacial score (nSPS) is 12.3. The summed E-state index contributed by atoms with van der Waals surface area (Å²) in [5.41, 5.74) is 2.92. The van der Waals surface area contributed by atoms with E-state index < -0.39 is 0 Å². The third-order valence-corrected chi connectivity index (χ3v) is 6.98. The van der Waals surface area contributed by atoms with Crippen LogP contribution in [-0.4, -0.2) is 21.6 Å². The maximum atomic E-state index is 12.4. The number of aromatic amines is 1. The molecular weight excluding hydrogens is 390 g/mol. The molecule has 0 spiro atoms. The lowest BCUT2D eigenvalue weighted by atomic mass is 9.97. The Bertz CT molecular complexity index is 1060. The van der Waals surface area contributed by atoms with E-state index in [4.69, 9.17) is 0 Å². The number of carbonyl (C=O) groups excluding carboxylic acids is 1. The van der Waals surface area contributed by atoms with E-state index in [0.29, 0.717) is 28.6 Å². The van der Waals surface area contributed by atoms with Crippen LogP contribution < -0.4 is 10.9 Å². The van der Waals surface area contributed by atoms with Crippen LogP contribution in [0.1, 0.15) is 48.0 Å². The zero-order valence-electron chi connectivity index (χ0n) is 16.6. The lowest BCUT2D eigenvalue weighted by Gasteiger charge is -2.15. The van der Waals surface area contributed by atoms with Crippen LogP contribution in [0.2, 0.25) is 0 Å². The summed E-state index contributed by atoms with van der Waals surface area (Å²) < 4.78 is 0. The molecule has 0 saturated heterocycles. The van der Waals surface area contributed by atoms with Crippen molar-refractivity contribution in [2.24, 2.45) is 0 Å². The number of hydrogen-bond donors (Lipinski definition) is 2. The van der Waals surface area contributed by atoms with E-state index in [1.165, 1.54) is 23.1 Å². The highest BCUT2D eigenvalue weighted by Crippen LogP contribution is 2.27. The van der Waals surface area contributed by atoms with Crippen LogP contribution in [0.5, 0.6) is 0 Å². The fourth-order valence-corrected chi connectivity index (χ4v) is 4.79. The number of benzene rings is 1. The minimum absolute atomic E-state index is 0.0491. The Morgan fingerprint density at radius 3 is 2.82 bits per heavy atom. The van der Waals surface area contributed by atoms with Crippen molar-refractivity contribution in [3.63, 3.8) is 0 Å². The van der Waals surface area contributed by atoms with Gasteiger partial charge in [0, 0.05) is 10.6 Å². The largest absolute Gasteiger partial charge is 0.325 e. The molecule has 5 nitrogen and oxygen atoms in total. The molecule has 0 aliphatic rings. The number of nitrogens with zero attached hydrogens (tertiary/aromatic N) is 1. The van der Waals surface area contributed by atoms with Gasteiger partial charge in [-0.3, -0.25) is 9.59 Å². The van der Waals surface area contributed by atoms with Gasteiger partial charge in [-0.25, -0.2) is 4.98 Å². The SMILES string of the molecule is CC[C@@H](C)c1ccccc1NC(=O)CSCc1nc2sc(C)c(C)c2c(=O)[nH]1. The van der Waals surface area contributed by atoms with Crippen LogP contribution in [0.3, 0.4) is 0 Å². The number of amides is 1. The van der Waals surface area contributed by atoms with Gasteiger partial charge < -0.3 is 10.3 Å². The second-order valence-electron chi connectivity index (χ2n) is 6.91. The number of thiophene rings is 1. The molecule has 0 aliphatic carbocycles. The first-order chi connectivity index (χ1) is 13.4. The van der Waals surface area contributed by atoms with Crippen molar-refractivity contribution >= 4 is 44.9 Å². The molecule has 3 rings (SSSR count). The summed E-state index contributed by atoms with van der Waals surface area (Å²) >= 11 is 2.98. The van der Waals surface area contributed by atoms with Gasteiger partial charge in [0.1, 0.15) is 10.7 Å². The molecule has 0 radical (unpaired) electrons. The van der Waals surface area contributed by atoms with E-state index in [1.807, 2.05) is 32.0 Å². The van der Waals surface area contributed by atoms with Crippen molar-refractivity contribution in [1.29, 1.82) is 0 Å². The number of anilines is 1. The Labute approximate surface area is 173 Å². The second-order valence-corrected chi connectivity index (χ2v) is 9.10. The standard InChI is InChI=1S/C21H25N3O2S2/c1-5-12(2)15-8-6-7-9-16(15)22-18(25)11-27-10-17-23-20(26)19-13(3)14(4)28-21(19)24-17/h6-9,12H,5,10-11H2,1-4H3,(H,22,25)(H,23,24,26)/t12-/m1/s1. The van der Waals surface area contributed by atoms with Gasteiger partial charge >= 0.3 is 0 Å². The zero-order chi connectivity index (χ0) is 20.3. The highest BCUT2D eigenvalue weighted by Gasteiger charge is 2.13. The van der Waals surface area contributed by atoms with Crippen LogP contribution in [0, 0.1) is 13.8 Å². The Morgan fingerprint density at radius 2 is 2.07 bits per heavy atom. The molecule has 7 heteroatoms. The summed E-state index contributed by atoms with van der Waals surface area (Å²) in [6, 6.07) is 7.94. The summed E-state index contributed by atoms with van der Waals surface area (Å²) in [7, 11) is 0. The molecule has 1 atom stereocenters. The summed E-state index contributed by atoms with van der Waals surface area (Å²) in [4.78, 5) is 34.0. The van der Waals surface area contributed by atoms with Gasteiger partial charge in [-0.05, 0) is 43.4 Å². The highest BCUT2D eigenvalue weighted by molar-refractivity contribution is 7.99. The van der Waals surface area contributed by atoms with Crippen LogP contribution in [0.15, 0.2) is 29.1 Å². The Hall–Kier alpha value is -2.12. The molecular formula is C21H25N3O2S2. The first-order valence-electron chi connectivity index (χ1n) is 9.36. The molecule has 1 aromatic carbocycles. The average Bonchev–Trinajstić information content (AvgIpc) is 2.95. The second kappa shape index (κ2) is 8.92. The third-order valence-electron chi connectivity index (χ3n) is 4.94. The highest BCUT2D eigenvalue weighted by atomic mass is 32.2. The van der Waals surface area contributed by atoms with E-state index in [0.717, 1.165) is 32.9 Å². The fraction of sp³-hybridized carbons (Fsp3) is 0.381. The quantitative estimate of drug-likeness (QED) is 0.570. The molecule has 0 fully saturated rings. The minimum atomic E-state index is -0.102. The number of fused-ring (bicyclic) bond motifs is 1. The van der Waals surface area contributed by atoms with E-state index in [-0.39, 0.29) is 11.5 Å². The Kier molecular flexibility index (Phi) is 6.57. The third kappa shape index (κ3) is 4.47. The summed E-state index contributed by atoms with van der Waals surface area (Å²) in [5, 5.41) is 3.69. The average molecular weight is 416 g/mol. The van der Waals surface area contributed by atoms with Crippen molar-refractivity contribution < 1.29 is 4.79 Å². The first-order valence-corrected chi connectivity index (χ1v) is 11.3. The van der Waals surface area contributed by atoms with Crippen LogP contribution in [0.4, 0.5) is 5.69 Å². The monoisotopic (exact) mass is 415 g/mol. The minimum Gasteiger partial charge on any atom is -0.325 e. The molecule has 0 aliphatic heterocycles. The molecule has 148 valence electrons. The van der Waals surface area contributed by atoms with E-state index in [2.05, 4.69) is 35.2 Å². The number of rotatable bonds is 7. The number of H-pyrrole nitrogens is 1. The van der Waals surface area contributed by atoms with Crippen LogP contribution in [0.25, 0.3) is 10.2 Å². The van der Waals surface area contributed by atoms with E-state index in [9.17, 15) is 9.59 Å². The van der Waals surface area contributed by atoms with Crippen LogP contribution in [-0.2, 0) is 10.5 Å². The Morgan fingerprint density at radius 1 is 1.32 bits per heavy atom. The molecule has 0 saturated carbocycles. The molecule has 2 heterocycles. The number of aryl methyl sites for hydroxylation is 2. The Balaban J connectivity index is 1.62. The maximum Gasteiger partial charge on any atom is 0.259 e. The summed E-state index contributed by atoms with van der Waals surface area (Å²) in [6.45, 7) is 8.24. The molecule has 0 unspecified atom stereocenters. The van der Waals surface area contributed by atoms with Crippen molar-refractivity contribution in [2.45, 2.75) is 45.8 Å². The molecule has 2 N–H and O–H groups in total. The summed E-state index contributed by atoms with van der Waals surface area (Å²) in [5.74, 6) is 1.74. The van der Waals surface area contributed by atoms with Gasteiger partial charge in [0.2, 0.25) is 5.91 Å². The van der Waals surface area contributed by atoms with Crippen molar-refractivity contribution in [2.75, 3.05) is 11.1 Å². The topological polar surface area (TPSA) is 74.8 Å². The van der Waals surface area contributed by atoms with Crippen molar-refractivity contribution in [3.05, 3.63) is 56.4 Å². The molecule has 0 bridgehead atoms. The van der Waals surface area contributed by atoms with Gasteiger partial charge in [-0.15, -0.1) is 23.1 Å². The number of hydrogen-bond acceptors (Lipinski definition) is 5. The molecule has 3 aromatic rings. The van der Waals surface area contributed by atoms with Gasteiger partial charge in [-0.1, -0.05) is 32.0 Å². The fourth-order valence-electron chi connectivity index (χ4n) is 3.05. The number of para-hydroxylation sites is 1.